The molecule has 0 aromatic heterocycles. The Morgan fingerprint density at radius 3 is 2.85 bits per heavy atom. The number of nitrogens with two attached hydrogens (primary N) is 1. The molecule has 1 aromatic rings. The first kappa shape index (κ1) is 15.0. The summed E-state index contributed by atoms with van der Waals surface area (Å²) in [6, 6.07) is 7.19. The molecule has 1 saturated heterocycles. The number of carbonyl (C=O) groups is 1. The minimum Gasteiger partial charge on any atom is -0.493 e. The van der Waals surface area contributed by atoms with Crippen molar-refractivity contribution in [2.75, 3.05) is 24.6 Å². The van der Waals surface area contributed by atoms with Crippen LogP contribution in [0.2, 0.25) is 0 Å². The van der Waals surface area contributed by atoms with Crippen LogP contribution in [-0.2, 0) is 4.79 Å². The Bertz CT molecular complexity index is 442. The maximum absolute atomic E-state index is 11.8. The second-order valence-corrected chi connectivity index (χ2v) is 7.03. The van der Waals surface area contributed by atoms with Crippen molar-refractivity contribution in [3.8, 4) is 5.75 Å². The fourth-order valence-corrected chi connectivity index (χ4v) is 3.42. The van der Waals surface area contributed by atoms with Crippen molar-refractivity contribution in [3.63, 3.8) is 0 Å². The van der Waals surface area contributed by atoms with Crippen LogP contribution in [-0.4, -0.2) is 29.6 Å². The Kier molecular flexibility index (Phi) is 5.17. The summed E-state index contributed by atoms with van der Waals surface area (Å²) < 4.78 is 5.72. The summed E-state index contributed by atoms with van der Waals surface area (Å²) in [6.45, 7) is 3.35. The van der Waals surface area contributed by atoms with Gasteiger partial charge in [0.25, 0.3) is 0 Å². The first-order valence-corrected chi connectivity index (χ1v) is 7.95. The second kappa shape index (κ2) is 6.88. The SMILES string of the molecule is CC1(CNC(=O)CCOc2ccc(N)cc2)CCCS1. The molecule has 4 nitrogen and oxygen atoms in total. The highest BCUT2D eigenvalue weighted by atomic mass is 32.2. The van der Waals surface area contributed by atoms with Gasteiger partial charge in [-0.2, -0.15) is 11.8 Å². The molecule has 1 atom stereocenters. The standard InChI is InChI=1S/C15H22N2O2S/c1-15(8-2-10-20-15)11-17-14(18)7-9-19-13-5-3-12(16)4-6-13/h3-6H,2,7-11,16H2,1H3,(H,17,18). The first-order chi connectivity index (χ1) is 9.57. The van der Waals surface area contributed by atoms with Gasteiger partial charge in [0.2, 0.25) is 5.91 Å². The van der Waals surface area contributed by atoms with Crippen LogP contribution in [0, 0.1) is 0 Å². The van der Waals surface area contributed by atoms with E-state index in [2.05, 4.69) is 12.2 Å². The quantitative estimate of drug-likeness (QED) is 0.791. The molecule has 0 spiro atoms. The normalized spacial score (nSPS) is 21.6. The van der Waals surface area contributed by atoms with Crippen molar-refractivity contribution >= 4 is 23.4 Å². The molecular weight excluding hydrogens is 272 g/mol. The molecule has 0 aliphatic carbocycles. The van der Waals surface area contributed by atoms with E-state index in [1.54, 1.807) is 12.1 Å². The van der Waals surface area contributed by atoms with Gasteiger partial charge in [-0.05, 0) is 49.8 Å². The molecule has 2 rings (SSSR count). The number of rotatable bonds is 6. The molecule has 3 N–H and O–H groups in total. The van der Waals surface area contributed by atoms with Crippen molar-refractivity contribution in [2.45, 2.75) is 30.9 Å². The number of thioether (sulfide) groups is 1. The summed E-state index contributed by atoms with van der Waals surface area (Å²) in [5.41, 5.74) is 6.30. The molecule has 0 saturated carbocycles. The summed E-state index contributed by atoms with van der Waals surface area (Å²) in [5, 5.41) is 3.00. The Morgan fingerprint density at radius 1 is 1.45 bits per heavy atom. The van der Waals surface area contributed by atoms with Gasteiger partial charge in [0, 0.05) is 17.0 Å². The van der Waals surface area contributed by atoms with Gasteiger partial charge in [-0.25, -0.2) is 0 Å². The van der Waals surface area contributed by atoms with E-state index in [9.17, 15) is 4.79 Å². The number of nitrogen functional groups attached to an aromatic ring is 1. The van der Waals surface area contributed by atoms with Crippen molar-refractivity contribution in [1.82, 2.24) is 5.32 Å². The average molecular weight is 294 g/mol. The average Bonchev–Trinajstić information content (AvgIpc) is 2.86. The van der Waals surface area contributed by atoms with Crippen LogP contribution >= 0.6 is 11.8 Å². The molecule has 20 heavy (non-hydrogen) atoms. The third-order valence-electron chi connectivity index (χ3n) is 3.44. The predicted octanol–water partition coefficient (Wildman–Crippen LogP) is 2.44. The van der Waals surface area contributed by atoms with Gasteiger partial charge in [-0.1, -0.05) is 0 Å². The van der Waals surface area contributed by atoms with Crippen LogP contribution in [0.25, 0.3) is 0 Å². The molecule has 1 aliphatic heterocycles. The highest BCUT2D eigenvalue weighted by molar-refractivity contribution is 8.00. The van der Waals surface area contributed by atoms with Gasteiger partial charge in [0.05, 0.1) is 13.0 Å². The zero-order valence-electron chi connectivity index (χ0n) is 11.9. The molecule has 1 fully saturated rings. The third kappa shape index (κ3) is 4.63. The Labute approximate surface area is 124 Å². The van der Waals surface area contributed by atoms with E-state index in [0.717, 1.165) is 12.3 Å². The van der Waals surface area contributed by atoms with Crippen LogP contribution in [0.1, 0.15) is 26.2 Å². The topological polar surface area (TPSA) is 64.3 Å². The number of ether oxygens (including phenoxy) is 1. The summed E-state index contributed by atoms with van der Waals surface area (Å²) in [4.78, 5) is 11.8. The van der Waals surface area contributed by atoms with Crippen LogP contribution in [0.4, 0.5) is 5.69 Å². The van der Waals surface area contributed by atoms with Gasteiger partial charge >= 0.3 is 0 Å². The van der Waals surface area contributed by atoms with Crippen molar-refractivity contribution in [2.24, 2.45) is 0 Å². The predicted molar refractivity (Wildman–Crippen MR) is 84.1 cm³/mol. The van der Waals surface area contributed by atoms with Gasteiger partial charge in [-0.15, -0.1) is 0 Å². The molecule has 5 heteroatoms. The van der Waals surface area contributed by atoms with E-state index in [4.69, 9.17) is 10.5 Å². The smallest absolute Gasteiger partial charge is 0.223 e. The lowest BCUT2D eigenvalue weighted by molar-refractivity contribution is -0.121. The monoisotopic (exact) mass is 294 g/mol. The second-order valence-electron chi connectivity index (χ2n) is 5.35. The number of hydrogen-bond acceptors (Lipinski definition) is 4. The van der Waals surface area contributed by atoms with Crippen molar-refractivity contribution < 1.29 is 9.53 Å². The fraction of sp³-hybridized carbons (Fsp3) is 0.533. The highest BCUT2D eigenvalue weighted by Gasteiger charge is 2.29. The molecule has 0 radical (unpaired) electrons. The van der Waals surface area contributed by atoms with E-state index in [1.165, 1.54) is 18.6 Å². The van der Waals surface area contributed by atoms with Crippen LogP contribution < -0.4 is 15.8 Å². The summed E-state index contributed by atoms with van der Waals surface area (Å²) >= 11 is 1.95. The summed E-state index contributed by atoms with van der Waals surface area (Å²) in [7, 11) is 0. The molecular formula is C15H22N2O2S. The lowest BCUT2D eigenvalue weighted by Crippen LogP contribution is -2.37. The number of amides is 1. The zero-order valence-corrected chi connectivity index (χ0v) is 12.7. The van der Waals surface area contributed by atoms with Gasteiger partial charge in [0.1, 0.15) is 5.75 Å². The summed E-state index contributed by atoms with van der Waals surface area (Å²) in [6.07, 6.45) is 2.81. The maximum Gasteiger partial charge on any atom is 0.223 e. The maximum atomic E-state index is 11.8. The molecule has 1 unspecified atom stereocenters. The van der Waals surface area contributed by atoms with Gasteiger partial charge in [0.15, 0.2) is 0 Å². The number of benzene rings is 1. The molecule has 1 aromatic carbocycles. The van der Waals surface area contributed by atoms with Crippen LogP contribution in [0.5, 0.6) is 5.75 Å². The number of carbonyl (C=O) groups excluding carboxylic acids is 1. The first-order valence-electron chi connectivity index (χ1n) is 6.96. The van der Waals surface area contributed by atoms with Gasteiger partial charge < -0.3 is 15.8 Å². The molecule has 110 valence electrons. The Balaban J connectivity index is 1.64. The lowest BCUT2D eigenvalue weighted by atomic mass is 10.1. The van der Waals surface area contributed by atoms with E-state index in [0.29, 0.717) is 18.7 Å². The molecule has 1 aliphatic rings. The largest absolute Gasteiger partial charge is 0.493 e. The Hall–Kier alpha value is -1.36. The number of nitrogens with one attached hydrogen (secondary N) is 1. The van der Waals surface area contributed by atoms with E-state index >= 15 is 0 Å². The minimum absolute atomic E-state index is 0.0502. The highest BCUT2D eigenvalue weighted by Crippen LogP contribution is 2.36. The number of anilines is 1. The van der Waals surface area contributed by atoms with E-state index in [1.807, 2.05) is 23.9 Å². The van der Waals surface area contributed by atoms with Crippen LogP contribution in [0.15, 0.2) is 24.3 Å². The number of hydrogen-bond donors (Lipinski definition) is 2. The van der Waals surface area contributed by atoms with Gasteiger partial charge in [-0.3, -0.25) is 4.79 Å². The third-order valence-corrected chi connectivity index (χ3v) is 4.98. The summed E-state index contributed by atoms with van der Waals surface area (Å²) in [5.74, 6) is 1.99. The molecule has 0 bridgehead atoms. The van der Waals surface area contributed by atoms with Crippen molar-refractivity contribution in [3.05, 3.63) is 24.3 Å². The molecule has 1 heterocycles. The molecule has 1 amide bonds. The van der Waals surface area contributed by atoms with Crippen LogP contribution in [0.3, 0.4) is 0 Å². The van der Waals surface area contributed by atoms with Crippen molar-refractivity contribution in [1.29, 1.82) is 0 Å². The minimum atomic E-state index is 0.0502. The lowest BCUT2D eigenvalue weighted by Gasteiger charge is -2.22. The van der Waals surface area contributed by atoms with E-state index < -0.39 is 0 Å². The Morgan fingerprint density at radius 2 is 2.20 bits per heavy atom. The zero-order chi connectivity index (χ0) is 14.4. The van der Waals surface area contributed by atoms with E-state index in [-0.39, 0.29) is 10.7 Å². The fourth-order valence-electron chi connectivity index (χ4n) is 2.18.